The van der Waals surface area contributed by atoms with Crippen LogP contribution < -0.4 is 10.6 Å². The number of fused-ring (bicyclic) bond motifs is 1. The Bertz CT molecular complexity index is 692. The molecule has 0 aliphatic heterocycles. The fourth-order valence-electron chi connectivity index (χ4n) is 2.43. The van der Waals surface area contributed by atoms with Crippen molar-refractivity contribution in [2.24, 2.45) is 5.92 Å². The summed E-state index contributed by atoms with van der Waals surface area (Å²) in [6.45, 7) is 4.04. The van der Waals surface area contributed by atoms with Crippen LogP contribution in [0.25, 0.3) is 10.8 Å². The Kier molecular flexibility index (Phi) is 5.71. The Balaban J connectivity index is 1.97. The van der Waals surface area contributed by atoms with Gasteiger partial charge in [0.2, 0.25) is 0 Å². The minimum Gasteiger partial charge on any atom is -0.391 e. The van der Waals surface area contributed by atoms with Crippen molar-refractivity contribution in [2.75, 3.05) is 11.9 Å². The quantitative estimate of drug-likeness (QED) is 0.741. The van der Waals surface area contributed by atoms with E-state index in [9.17, 15) is 14.7 Å². The molecule has 2 aromatic rings. The standard InChI is InChI=1S/C18H22N2O3/c1-12(2)10-14(21)11-19-17(22)18(23)20-16-9-5-7-13-6-3-4-8-15(13)16/h3-9,12,14,21H,10-11H2,1-2H3,(H,19,22)(H,20,23). The van der Waals surface area contributed by atoms with E-state index in [1.165, 1.54) is 0 Å². The first-order valence-corrected chi connectivity index (χ1v) is 7.72. The second kappa shape index (κ2) is 7.74. The number of nitrogens with one attached hydrogen (secondary N) is 2. The van der Waals surface area contributed by atoms with Crippen LogP contribution in [-0.4, -0.2) is 29.6 Å². The highest BCUT2D eigenvalue weighted by Crippen LogP contribution is 2.22. The van der Waals surface area contributed by atoms with Gasteiger partial charge in [-0.1, -0.05) is 50.2 Å². The summed E-state index contributed by atoms with van der Waals surface area (Å²) in [5.41, 5.74) is 0.589. The lowest BCUT2D eigenvalue weighted by atomic mass is 10.1. The number of benzene rings is 2. The summed E-state index contributed by atoms with van der Waals surface area (Å²) < 4.78 is 0. The zero-order chi connectivity index (χ0) is 16.8. The largest absolute Gasteiger partial charge is 0.391 e. The Morgan fingerprint density at radius 2 is 1.74 bits per heavy atom. The molecule has 23 heavy (non-hydrogen) atoms. The molecule has 2 amide bonds. The number of carbonyl (C=O) groups excluding carboxylic acids is 2. The van der Waals surface area contributed by atoms with E-state index < -0.39 is 17.9 Å². The SMILES string of the molecule is CC(C)CC(O)CNC(=O)C(=O)Nc1cccc2ccccc12. The summed E-state index contributed by atoms with van der Waals surface area (Å²) >= 11 is 0. The maximum Gasteiger partial charge on any atom is 0.313 e. The highest BCUT2D eigenvalue weighted by molar-refractivity contribution is 6.40. The molecule has 0 saturated carbocycles. The molecule has 0 radical (unpaired) electrons. The van der Waals surface area contributed by atoms with E-state index in [0.29, 0.717) is 18.0 Å². The number of hydrogen-bond donors (Lipinski definition) is 3. The average Bonchev–Trinajstić information content (AvgIpc) is 2.52. The molecule has 5 nitrogen and oxygen atoms in total. The molecule has 0 heterocycles. The lowest BCUT2D eigenvalue weighted by Crippen LogP contribution is -2.39. The van der Waals surface area contributed by atoms with Gasteiger partial charge in [-0.2, -0.15) is 0 Å². The van der Waals surface area contributed by atoms with Gasteiger partial charge in [0.1, 0.15) is 0 Å². The Morgan fingerprint density at radius 1 is 1.04 bits per heavy atom. The van der Waals surface area contributed by atoms with Crippen LogP contribution in [0.15, 0.2) is 42.5 Å². The van der Waals surface area contributed by atoms with Gasteiger partial charge in [0.25, 0.3) is 0 Å². The number of hydrogen-bond acceptors (Lipinski definition) is 3. The third kappa shape index (κ3) is 4.79. The van der Waals surface area contributed by atoms with E-state index in [1.807, 2.05) is 50.2 Å². The van der Waals surface area contributed by atoms with Gasteiger partial charge < -0.3 is 15.7 Å². The molecule has 0 saturated heterocycles. The molecule has 0 fully saturated rings. The summed E-state index contributed by atoms with van der Waals surface area (Å²) in [5.74, 6) is -1.16. The van der Waals surface area contributed by atoms with Gasteiger partial charge >= 0.3 is 11.8 Å². The van der Waals surface area contributed by atoms with Crippen LogP contribution in [0.1, 0.15) is 20.3 Å². The van der Waals surface area contributed by atoms with Crippen LogP contribution in [-0.2, 0) is 9.59 Å². The average molecular weight is 314 g/mol. The van der Waals surface area contributed by atoms with Gasteiger partial charge in [-0.25, -0.2) is 0 Å². The number of aliphatic hydroxyl groups is 1. The van der Waals surface area contributed by atoms with E-state index in [4.69, 9.17) is 0 Å². The molecule has 2 aromatic carbocycles. The van der Waals surface area contributed by atoms with E-state index in [-0.39, 0.29) is 6.54 Å². The van der Waals surface area contributed by atoms with Crippen molar-refractivity contribution in [1.82, 2.24) is 5.32 Å². The van der Waals surface area contributed by atoms with Crippen molar-refractivity contribution in [3.63, 3.8) is 0 Å². The van der Waals surface area contributed by atoms with Crippen molar-refractivity contribution in [3.05, 3.63) is 42.5 Å². The van der Waals surface area contributed by atoms with Gasteiger partial charge in [-0.05, 0) is 23.8 Å². The summed E-state index contributed by atoms with van der Waals surface area (Å²) in [4.78, 5) is 23.8. The maximum absolute atomic E-state index is 12.0. The summed E-state index contributed by atoms with van der Waals surface area (Å²) in [6, 6.07) is 13.1. The second-order valence-corrected chi connectivity index (χ2v) is 5.97. The van der Waals surface area contributed by atoms with Crippen LogP contribution in [0.4, 0.5) is 5.69 Å². The molecule has 1 atom stereocenters. The number of rotatable bonds is 5. The molecule has 0 aliphatic rings. The molecule has 3 N–H and O–H groups in total. The van der Waals surface area contributed by atoms with Crippen molar-refractivity contribution >= 4 is 28.3 Å². The second-order valence-electron chi connectivity index (χ2n) is 5.97. The van der Waals surface area contributed by atoms with Crippen molar-refractivity contribution in [3.8, 4) is 0 Å². The van der Waals surface area contributed by atoms with Crippen LogP contribution >= 0.6 is 0 Å². The normalized spacial score (nSPS) is 12.2. The van der Waals surface area contributed by atoms with Crippen LogP contribution in [0, 0.1) is 5.92 Å². The Morgan fingerprint density at radius 3 is 2.48 bits per heavy atom. The van der Waals surface area contributed by atoms with E-state index in [2.05, 4.69) is 10.6 Å². The minimum atomic E-state index is -0.749. The smallest absolute Gasteiger partial charge is 0.313 e. The lowest BCUT2D eigenvalue weighted by molar-refractivity contribution is -0.136. The molecule has 2 rings (SSSR count). The maximum atomic E-state index is 12.0. The minimum absolute atomic E-state index is 0.0694. The van der Waals surface area contributed by atoms with Crippen molar-refractivity contribution in [1.29, 1.82) is 0 Å². The van der Waals surface area contributed by atoms with Crippen LogP contribution in [0.5, 0.6) is 0 Å². The van der Waals surface area contributed by atoms with E-state index in [1.54, 1.807) is 6.07 Å². The summed E-state index contributed by atoms with van der Waals surface area (Å²) in [5, 5.41) is 16.7. The highest BCUT2D eigenvalue weighted by Gasteiger charge is 2.16. The fraction of sp³-hybridized carbons (Fsp3) is 0.333. The molecular weight excluding hydrogens is 292 g/mol. The van der Waals surface area contributed by atoms with Gasteiger partial charge in [0.15, 0.2) is 0 Å². The third-order valence-corrected chi connectivity index (χ3v) is 3.49. The zero-order valence-electron chi connectivity index (χ0n) is 13.4. The monoisotopic (exact) mass is 314 g/mol. The van der Waals surface area contributed by atoms with Crippen LogP contribution in [0.2, 0.25) is 0 Å². The first kappa shape index (κ1) is 17.0. The van der Waals surface area contributed by atoms with Crippen molar-refractivity contribution < 1.29 is 14.7 Å². The molecule has 0 bridgehead atoms. The van der Waals surface area contributed by atoms with Crippen molar-refractivity contribution in [2.45, 2.75) is 26.4 Å². The highest BCUT2D eigenvalue weighted by atomic mass is 16.3. The third-order valence-electron chi connectivity index (χ3n) is 3.49. The number of carbonyl (C=O) groups is 2. The molecule has 5 heteroatoms. The summed E-state index contributed by atoms with van der Waals surface area (Å²) in [7, 11) is 0. The van der Waals surface area contributed by atoms with Crippen LogP contribution in [0.3, 0.4) is 0 Å². The zero-order valence-corrected chi connectivity index (χ0v) is 13.4. The van der Waals surface area contributed by atoms with Gasteiger partial charge in [-0.3, -0.25) is 9.59 Å². The molecule has 122 valence electrons. The molecule has 0 spiro atoms. The first-order chi connectivity index (χ1) is 11.0. The van der Waals surface area contributed by atoms with E-state index in [0.717, 1.165) is 10.8 Å². The lowest BCUT2D eigenvalue weighted by Gasteiger charge is -2.14. The predicted molar refractivity (Wildman–Crippen MR) is 91.0 cm³/mol. The fourth-order valence-corrected chi connectivity index (χ4v) is 2.43. The topological polar surface area (TPSA) is 78.4 Å². The predicted octanol–water partition coefficient (Wildman–Crippen LogP) is 2.30. The molecule has 1 unspecified atom stereocenters. The van der Waals surface area contributed by atoms with Gasteiger partial charge in [-0.15, -0.1) is 0 Å². The molecule has 0 aromatic heterocycles. The Labute approximate surface area is 135 Å². The number of aliphatic hydroxyl groups excluding tert-OH is 1. The molecule has 0 aliphatic carbocycles. The van der Waals surface area contributed by atoms with E-state index >= 15 is 0 Å². The Hall–Kier alpha value is -2.40. The molecular formula is C18H22N2O3. The van der Waals surface area contributed by atoms with Gasteiger partial charge in [0, 0.05) is 17.6 Å². The first-order valence-electron chi connectivity index (χ1n) is 7.72. The summed E-state index contributed by atoms with van der Waals surface area (Å²) in [6.07, 6.45) is -0.0742. The number of anilines is 1. The number of amides is 2. The van der Waals surface area contributed by atoms with Gasteiger partial charge in [0.05, 0.1) is 6.10 Å².